The number of carbonyl (C=O) groups is 1. The van der Waals surface area contributed by atoms with Gasteiger partial charge in [0.25, 0.3) is 0 Å². The molecule has 0 bridgehead atoms. The number of rotatable bonds is 4. The van der Waals surface area contributed by atoms with E-state index in [-0.39, 0.29) is 30.4 Å². The molecule has 0 spiro atoms. The summed E-state index contributed by atoms with van der Waals surface area (Å²) in [6, 6.07) is 9.86. The number of likely N-dealkylation sites (tertiary alicyclic amines) is 1. The second-order valence-electron chi connectivity index (χ2n) is 6.90. The van der Waals surface area contributed by atoms with Crippen molar-refractivity contribution in [1.82, 2.24) is 4.90 Å². The molecule has 1 aliphatic heterocycles. The van der Waals surface area contributed by atoms with Crippen LogP contribution in [0.5, 0.6) is 0 Å². The molecule has 1 aliphatic rings. The maximum atomic E-state index is 13.7. The Morgan fingerprint density at radius 3 is 2.56 bits per heavy atom. The van der Waals surface area contributed by atoms with Gasteiger partial charge in [0.2, 0.25) is 5.91 Å². The van der Waals surface area contributed by atoms with Gasteiger partial charge in [0.1, 0.15) is 11.6 Å². The molecular weight excluding hydrogens is 320 g/mol. The summed E-state index contributed by atoms with van der Waals surface area (Å²) in [5, 5.41) is 0. The zero-order chi connectivity index (χ0) is 18.0. The van der Waals surface area contributed by atoms with Crippen LogP contribution in [0.2, 0.25) is 0 Å². The molecule has 0 N–H and O–H groups in total. The van der Waals surface area contributed by atoms with Gasteiger partial charge < -0.3 is 4.90 Å². The molecule has 1 heterocycles. The Hall–Kier alpha value is -2.23. The Kier molecular flexibility index (Phi) is 5.16. The highest BCUT2D eigenvalue weighted by Crippen LogP contribution is 2.33. The molecule has 1 saturated heterocycles. The van der Waals surface area contributed by atoms with Gasteiger partial charge in [-0.1, -0.05) is 29.3 Å². The summed E-state index contributed by atoms with van der Waals surface area (Å²) in [6.07, 6.45) is 2.33. The predicted octanol–water partition coefficient (Wildman–Crippen LogP) is 4.88. The van der Waals surface area contributed by atoms with Crippen LogP contribution >= 0.6 is 0 Å². The van der Waals surface area contributed by atoms with Crippen LogP contribution < -0.4 is 0 Å². The standard InChI is InChI=1S/C21H23F2NO/c1-14-10-15(2)12-17(11-14)20-4-3-9-24(20)21(25)8-5-16-13-18(22)6-7-19(16)23/h6-7,10-13,20H,3-5,8-9H2,1-2H3. The first kappa shape index (κ1) is 17.6. The highest BCUT2D eigenvalue weighted by atomic mass is 19.1. The van der Waals surface area contributed by atoms with Crippen LogP contribution in [0.1, 0.15) is 47.6 Å². The van der Waals surface area contributed by atoms with Gasteiger partial charge in [0, 0.05) is 13.0 Å². The van der Waals surface area contributed by atoms with Gasteiger partial charge in [-0.25, -0.2) is 8.78 Å². The fourth-order valence-electron chi connectivity index (χ4n) is 3.73. The predicted molar refractivity (Wildman–Crippen MR) is 94.3 cm³/mol. The number of hydrogen-bond donors (Lipinski definition) is 0. The topological polar surface area (TPSA) is 20.3 Å². The van der Waals surface area contributed by atoms with E-state index in [0.29, 0.717) is 0 Å². The van der Waals surface area contributed by atoms with Crippen molar-refractivity contribution in [3.8, 4) is 0 Å². The third-order valence-electron chi connectivity index (χ3n) is 4.82. The molecule has 0 aromatic heterocycles. The van der Waals surface area contributed by atoms with Crippen LogP contribution in [0.3, 0.4) is 0 Å². The zero-order valence-corrected chi connectivity index (χ0v) is 14.7. The number of amides is 1. The highest BCUT2D eigenvalue weighted by molar-refractivity contribution is 5.77. The molecule has 2 aromatic rings. The quantitative estimate of drug-likeness (QED) is 0.775. The number of aryl methyl sites for hydroxylation is 3. The Labute approximate surface area is 147 Å². The van der Waals surface area contributed by atoms with E-state index in [1.165, 1.54) is 22.8 Å². The summed E-state index contributed by atoms with van der Waals surface area (Å²) in [6.45, 7) is 4.84. The molecule has 1 fully saturated rings. The minimum atomic E-state index is -0.474. The number of benzene rings is 2. The van der Waals surface area contributed by atoms with Crippen molar-refractivity contribution < 1.29 is 13.6 Å². The lowest BCUT2D eigenvalue weighted by Gasteiger charge is -2.26. The summed E-state index contributed by atoms with van der Waals surface area (Å²) in [5.74, 6) is -0.926. The second kappa shape index (κ2) is 7.34. The number of carbonyl (C=O) groups excluding carboxylic acids is 1. The van der Waals surface area contributed by atoms with E-state index >= 15 is 0 Å². The van der Waals surface area contributed by atoms with E-state index in [2.05, 4.69) is 32.0 Å². The van der Waals surface area contributed by atoms with E-state index in [4.69, 9.17) is 0 Å². The zero-order valence-electron chi connectivity index (χ0n) is 14.7. The number of hydrogen-bond acceptors (Lipinski definition) is 1. The normalized spacial score (nSPS) is 17.1. The third-order valence-corrected chi connectivity index (χ3v) is 4.82. The third kappa shape index (κ3) is 4.06. The first-order valence-electron chi connectivity index (χ1n) is 8.75. The van der Waals surface area contributed by atoms with Gasteiger partial charge in [-0.05, 0) is 62.4 Å². The fraction of sp³-hybridized carbons (Fsp3) is 0.381. The molecule has 1 atom stereocenters. The van der Waals surface area contributed by atoms with Crippen LogP contribution in [0, 0.1) is 25.5 Å². The second-order valence-corrected chi connectivity index (χ2v) is 6.90. The molecule has 1 unspecified atom stereocenters. The Morgan fingerprint density at radius 2 is 1.84 bits per heavy atom. The molecule has 3 rings (SSSR count). The molecule has 0 saturated carbocycles. The number of nitrogens with zero attached hydrogens (tertiary/aromatic N) is 1. The summed E-state index contributed by atoms with van der Waals surface area (Å²) < 4.78 is 27.0. The summed E-state index contributed by atoms with van der Waals surface area (Å²) in [7, 11) is 0. The van der Waals surface area contributed by atoms with Crippen molar-refractivity contribution in [2.24, 2.45) is 0 Å². The minimum Gasteiger partial charge on any atom is -0.336 e. The van der Waals surface area contributed by atoms with Gasteiger partial charge in [-0.3, -0.25) is 4.79 Å². The van der Waals surface area contributed by atoms with E-state index in [1.807, 2.05) is 4.90 Å². The molecular formula is C21H23F2NO. The molecule has 25 heavy (non-hydrogen) atoms. The van der Waals surface area contributed by atoms with Gasteiger partial charge in [-0.15, -0.1) is 0 Å². The van der Waals surface area contributed by atoms with Crippen LogP contribution in [0.25, 0.3) is 0 Å². The van der Waals surface area contributed by atoms with Crippen molar-refractivity contribution in [2.45, 2.75) is 45.6 Å². The van der Waals surface area contributed by atoms with E-state index in [0.717, 1.165) is 31.5 Å². The largest absolute Gasteiger partial charge is 0.336 e. The lowest BCUT2D eigenvalue weighted by molar-refractivity contribution is -0.132. The Balaban J connectivity index is 1.71. The van der Waals surface area contributed by atoms with Gasteiger partial charge in [0.15, 0.2) is 0 Å². The molecule has 1 amide bonds. The van der Waals surface area contributed by atoms with Crippen molar-refractivity contribution in [3.05, 3.63) is 70.3 Å². The molecule has 2 nitrogen and oxygen atoms in total. The van der Waals surface area contributed by atoms with Gasteiger partial charge in [-0.2, -0.15) is 0 Å². The summed E-state index contributed by atoms with van der Waals surface area (Å²) >= 11 is 0. The molecule has 2 aromatic carbocycles. The van der Waals surface area contributed by atoms with Gasteiger partial charge >= 0.3 is 0 Å². The fourth-order valence-corrected chi connectivity index (χ4v) is 3.73. The SMILES string of the molecule is Cc1cc(C)cc(C2CCCN2C(=O)CCc2cc(F)ccc2F)c1. The Bertz CT molecular complexity index is 767. The van der Waals surface area contributed by atoms with Crippen molar-refractivity contribution in [3.63, 3.8) is 0 Å². The maximum Gasteiger partial charge on any atom is 0.223 e. The van der Waals surface area contributed by atoms with Crippen molar-refractivity contribution in [2.75, 3.05) is 6.54 Å². The van der Waals surface area contributed by atoms with Crippen LogP contribution in [-0.2, 0) is 11.2 Å². The molecule has 0 aliphatic carbocycles. The average molecular weight is 343 g/mol. The minimum absolute atomic E-state index is 0.00493. The van der Waals surface area contributed by atoms with E-state index in [1.54, 1.807) is 0 Å². The maximum absolute atomic E-state index is 13.7. The van der Waals surface area contributed by atoms with Crippen molar-refractivity contribution >= 4 is 5.91 Å². The molecule has 4 heteroatoms. The summed E-state index contributed by atoms with van der Waals surface area (Å²) in [5.41, 5.74) is 3.81. The van der Waals surface area contributed by atoms with Crippen molar-refractivity contribution in [1.29, 1.82) is 0 Å². The lowest BCUT2D eigenvalue weighted by Crippen LogP contribution is -2.30. The molecule has 0 radical (unpaired) electrons. The summed E-state index contributed by atoms with van der Waals surface area (Å²) in [4.78, 5) is 14.6. The smallest absolute Gasteiger partial charge is 0.223 e. The van der Waals surface area contributed by atoms with Gasteiger partial charge in [0.05, 0.1) is 6.04 Å². The van der Waals surface area contributed by atoms with E-state index < -0.39 is 11.6 Å². The van der Waals surface area contributed by atoms with E-state index in [9.17, 15) is 13.6 Å². The van der Waals surface area contributed by atoms with Crippen LogP contribution in [-0.4, -0.2) is 17.4 Å². The molecule has 132 valence electrons. The average Bonchev–Trinajstić information content (AvgIpc) is 3.04. The number of halogens is 2. The first-order chi connectivity index (χ1) is 11.9. The lowest BCUT2D eigenvalue weighted by atomic mass is 9.99. The van der Waals surface area contributed by atoms with Crippen LogP contribution in [0.4, 0.5) is 8.78 Å². The van der Waals surface area contributed by atoms with Crippen LogP contribution in [0.15, 0.2) is 36.4 Å². The Morgan fingerprint density at radius 1 is 1.12 bits per heavy atom. The first-order valence-corrected chi connectivity index (χ1v) is 8.75. The monoisotopic (exact) mass is 343 g/mol. The highest BCUT2D eigenvalue weighted by Gasteiger charge is 2.29.